The minimum absolute atomic E-state index is 0.0426. The van der Waals surface area contributed by atoms with Gasteiger partial charge in [-0.15, -0.1) is 10.2 Å². The molecule has 4 rings (SSSR count). The normalized spacial score (nSPS) is 11.8. The third-order valence-electron chi connectivity index (χ3n) is 5.38. The summed E-state index contributed by atoms with van der Waals surface area (Å²) in [4.78, 5) is 24.9. The average molecular weight is 476 g/mol. The molecule has 0 aliphatic heterocycles. The first kappa shape index (κ1) is 23.2. The van der Waals surface area contributed by atoms with Gasteiger partial charge in [0.2, 0.25) is 5.78 Å². The highest BCUT2D eigenvalue weighted by Crippen LogP contribution is 2.23. The second kappa shape index (κ2) is 8.76. The number of hydrogen-bond donors (Lipinski definition) is 2. The van der Waals surface area contributed by atoms with E-state index in [-0.39, 0.29) is 28.9 Å². The molecule has 2 heterocycles. The third-order valence-corrected chi connectivity index (χ3v) is 5.38. The minimum Gasteiger partial charge on any atom is -0.377 e. The highest BCUT2D eigenvalue weighted by Gasteiger charge is 2.28. The van der Waals surface area contributed by atoms with Gasteiger partial charge >= 0.3 is 6.18 Å². The molecule has 178 valence electrons. The van der Waals surface area contributed by atoms with Crippen LogP contribution in [0.3, 0.4) is 0 Å². The van der Waals surface area contributed by atoms with Crippen molar-refractivity contribution in [3.8, 4) is 0 Å². The summed E-state index contributed by atoms with van der Waals surface area (Å²) in [5.41, 5.74) is 0.523. The van der Waals surface area contributed by atoms with Crippen molar-refractivity contribution in [2.75, 3.05) is 11.9 Å². The van der Waals surface area contributed by atoms with Crippen molar-refractivity contribution in [2.24, 2.45) is 0 Å². The second-order valence-electron chi connectivity index (χ2n) is 7.60. The molecule has 0 saturated carbocycles. The zero-order chi connectivity index (χ0) is 24.6. The lowest BCUT2D eigenvalue weighted by atomic mass is 10.1. The third kappa shape index (κ3) is 4.30. The van der Waals surface area contributed by atoms with E-state index in [4.69, 9.17) is 0 Å². The number of para-hydroxylation sites is 1. The molecule has 2 aromatic carbocycles. The van der Waals surface area contributed by atoms with Crippen LogP contribution in [0.15, 0.2) is 41.2 Å². The van der Waals surface area contributed by atoms with Gasteiger partial charge in [0.25, 0.3) is 11.5 Å². The first-order chi connectivity index (χ1) is 16.1. The summed E-state index contributed by atoms with van der Waals surface area (Å²) in [5.74, 6) is -1.05. The lowest BCUT2D eigenvalue weighted by molar-refractivity contribution is -0.123. The maximum absolute atomic E-state index is 14.4. The lowest BCUT2D eigenvalue weighted by Gasteiger charge is -2.14. The SMILES string of the molecule is CCn1c(=O)c2ccccc2n2c(CNc3cc(C(=O)NCC(F)(F)F)cc(F)c3C)nnc12. The van der Waals surface area contributed by atoms with Crippen molar-refractivity contribution in [3.63, 3.8) is 0 Å². The fraction of sp³-hybridized carbons (Fsp3) is 0.273. The molecule has 0 unspecified atom stereocenters. The molecule has 0 fully saturated rings. The maximum Gasteiger partial charge on any atom is 0.405 e. The number of carbonyl (C=O) groups excluding carboxylic acids is 1. The van der Waals surface area contributed by atoms with E-state index in [9.17, 15) is 27.2 Å². The van der Waals surface area contributed by atoms with Crippen molar-refractivity contribution in [1.82, 2.24) is 24.5 Å². The van der Waals surface area contributed by atoms with E-state index in [1.165, 1.54) is 17.6 Å². The summed E-state index contributed by atoms with van der Waals surface area (Å²) < 4.78 is 54.9. The molecule has 0 saturated heterocycles. The molecule has 2 aromatic heterocycles. The van der Waals surface area contributed by atoms with Crippen LogP contribution in [-0.2, 0) is 13.1 Å². The molecule has 0 aliphatic rings. The topological polar surface area (TPSA) is 93.3 Å². The van der Waals surface area contributed by atoms with Gasteiger partial charge in [0.05, 0.1) is 17.4 Å². The monoisotopic (exact) mass is 476 g/mol. The number of benzene rings is 2. The number of hydrogen-bond acceptors (Lipinski definition) is 5. The number of aromatic nitrogens is 4. The number of rotatable bonds is 6. The fourth-order valence-electron chi connectivity index (χ4n) is 3.66. The van der Waals surface area contributed by atoms with Gasteiger partial charge in [-0.2, -0.15) is 13.2 Å². The average Bonchev–Trinajstić information content (AvgIpc) is 3.22. The number of carbonyl (C=O) groups is 1. The van der Waals surface area contributed by atoms with Crippen molar-refractivity contribution < 1.29 is 22.4 Å². The zero-order valence-corrected chi connectivity index (χ0v) is 18.2. The Bertz CT molecular complexity index is 1460. The van der Waals surface area contributed by atoms with Crippen LogP contribution in [0.5, 0.6) is 0 Å². The fourth-order valence-corrected chi connectivity index (χ4v) is 3.66. The molecule has 0 radical (unpaired) electrons. The van der Waals surface area contributed by atoms with Gasteiger partial charge in [-0.3, -0.25) is 18.6 Å². The van der Waals surface area contributed by atoms with Gasteiger partial charge in [-0.05, 0) is 38.1 Å². The molecular weight excluding hydrogens is 456 g/mol. The number of nitrogens with zero attached hydrogens (tertiary/aromatic N) is 4. The zero-order valence-electron chi connectivity index (χ0n) is 18.2. The largest absolute Gasteiger partial charge is 0.405 e. The smallest absolute Gasteiger partial charge is 0.377 e. The standard InChI is InChI=1S/C22H20F4N6O2/c1-3-31-20(34)14-6-4-5-7-17(14)32-18(29-30-21(31)32)10-27-16-9-13(8-15(23)12(16)2)19(33)28-11-22(24,25)26/h4-9,27H,3,10-11H2,1-2H3,(H,28,33). The number of nitrogens with one attached hydrogen (secondary N) is 2. The van der Waals surface area contributed by atoms with Crippen LogP contribution < -0.4 is 16.2 Å². The molecule has 0 atom stereocenters. The van der Waals surface area contributed by atoms with E-state index in [0.29, 0.717) is 29.0 Å². The number of alkyl halides is 3. The van der Waals surface area contributed by atoms with Crippen molar-refractivity contribution in [3.05, 3.63) is 69.5 Å². The summed E-state index contributed by atoms with van der Waals surface area (Å²) in [6.45, 7) is 2.17. The van der Waals surface area contributed by atoms with Crippen LogP contribution in [-0.4, -0.2) is 37.8 Å². The van der Waals surface area contributed by atoms with Crippen LogP contribution in [0.1, 0.15) is 28.7 Å². The number of amides is 1. The first-order valence-corrected chi connectivity index (χ1v) is 10.3. The summed E-state index contributed by atoms with van der Waals surface area (Å²) in [5, 5.41) is 13.5. The number of aryl methyl sites for hydroxylation is 1. The summed E-state index contributed by atoms with van der Waals surface area (Å²) in [7, 11) is 0. The summed E-state index contributed by atoms with van der Waals surface area (Å²) >= 11 is 0. The Labute approximate surface area is 190 Å². The maximum atomic E-state index is 14.4. The molecule has 34 heavy (non-hydrogen) atoms. The number of halogens is 4. The van der Waals surface area contributed by atoms with Crippen LogP contribution >= 0.6 is 0 Å². The summed E-state index contributed by atoms with van der Waals surface area (Å²) in [6.07, 6.45) is -4.59. The Morgan fingerprint density at radius 3 is 2.59 bits per heavy atom. The molecule has 0 bridgehead atoms. The predicted octanol–water partition coefficient (Wildman–Crippen LogP) is 3.42. The quantitative estimate of drug-likeness (QED) is 0.416. The summed E-state index contributed by atoms with van der Waals surface area (Å²) in [6, 6.07) is 9.13. The molecule has 8 nitrogen and oxygen atoms in total. The van der Waals surface area contributed by atoms with Gasteiger partial charge in [0, 0.05) is 23.4 Å². The number of anilines is 1. The second-order valence-corrected chi connectivity index (χ2v) is 7.60. The Balaban J connectivity index is 1.69. The Hall–Kier alpha value is -3.96. The van der Waals surface area contributed by atoms with E-state index in [0.717, 1.165) is 6.07 Å². The molecule has 0 spiro atoms. The van der Waals surface area contributed by atoms with Crippen LogP contribution in [0.25, 0.3) is 16.7 Å². The highest BCUT2D eigenvalue weighted by molar-refractivity contribution is 5.95. The van der Waals surface area contributed by atoms with Gasteiger partial charge < -0.3 is 10.6 Å². The van der Waals surface area contributed by atoms with E-state index < -0.39 is 24.4 Å². The molecule has 1 amide bonds. The van der Waals surface area contributed by atoms with E-state index in [2.05, 4.69) is 15.5 Å². The van der Waals surface area contributed by atoms with Gasteiger partial charge in [0.15, 0.2) is 5.82 Å². The van der Waals surface area contributed by atoms with E-state index in [1.54, 1.807) is 34.0 Å². The van der Waals surface area contributed by atoms with E-state index in [1.807, 2.05) is 6.92 Å². The Morgan fingerprint density at radius 2 is 1.88 bits per heavy atom. The lowest BCUT2D eigenvalue weighted by Crippen LogP contribution is -2.33. The molecule has 4 aromatic rings. The van der Waals surface area contributed by atoms with Crippen molar-refractivity contribution >= 4 is 28.3 Å². The number of fused-ring (bicyclic) bond motifs is 3. The highest BCUT2D eigenvalue weighted by atomic mass is 19.4. The molecule has 2 N–H and O–H groups in total. The minimum atomic E-state index is -4.59. The van der Waals surface area contributed by atoms with E-state index >= 15 is 0 Å². The first-order valence-electron chi connectivity index (χ1n) is 10.3. The van der Waals surface area contributed by atoms with Crippen LogP contribution in [0, 0.1) is 12.7 Å². The Morgan fingerprint density at radius 1 is 1.15 bits per heavy atom. The van der Waals surface area contributed by atoms with Crippen LogP contribution in [0.4, 0.5) is 23.2 Å². The molecule has 12 heteroatoms. The predicted molar refractivity (Wildman–Crippen MR) is 117 cm³/mol. The van der Waals surface area contributed by atoms with Crippen molar-refractivity contribution in [1.29, 1.82) is 0 Å². The van der Waals surface area contributed by atoms with Gasteiger partial charge in [-0.1, -0.05) is 12.1 Å². The molecule has 0 aliphatic carbocycles. The molecular formula is C22H20F4N6O2. The van der Waals surface area contributed by atoms with Crippen LogP contribution in [0.2, 0.25) is 0 Å². The van der Waals surface area contributed by atoms with Gasteiger partial charge in [-0.25, -0.2) is 4.39 Å². The Kier molecular flexibility index (Phi) is 5.98. The van der Waals surface area contributed by atoms with Gasteiger partial charge in [0.1, 0.15) is 12.4 Å². The van der Waals surface area contributed by atoms with Crippen molar-refractivity contribution in [2.45, 2.75) is 33.1 Å².